The van der Waals surface area contributed by atoms with Crippen LogP contribution in [0.15, 0.2) is 261 Å². The first-order valence-electron chi connectivity index (χ1n) is 23.7. The molecule has 2 aromatic heterocycles. The van der Waals surface area contributed by atoms with Gasteiger partial charge in [0, 0.05) is 38.8 Å². The summed E-state index contributed by atoms with van der Waals surface area (Å²) < 4.78 is 4.81. The number of para-hydroxylation sites is 2. The van der Waals surface area contributed by atoms with Gasteiger partial charge in [-0.15, -0.1) is 0 Å². The highest BCUT2D eigenvalue weighted by atomic mass is 15.0. The van der Waals surface area contributed by atoms with Crippen molar-refractivity contribution in [3.8, 4) is 55.9 Å². The number of benzene rings is 10. The molecule has 0 amide bonds. The summed E-state index contributed by atoms with van der Waals surface area (Å²) in [7, 11) is 0. The summed E-state index contributed by atoms with van der Waals surface area (Å²) in [6.45, 7) is 0. The fourth-order valence-electron chi connectivity index (χ4n) is 10.6. The van der Waals surface area contributed by atoms with E-state index in [4.69, 9.17) is 0 Å². The van der Waals surface area contributed by atoms with Crippen molar-refractivity contribution in [3.63, 3.8) is 0 Å². The fraction of sp³-hybridized carbons (Fsp3) is 0.0303. The summed E-state index contributed by atoms with van der Waals surface area (Å²) in [5.74, 6) is 0.366. The molecule has 12 aromatic rings. The van der Waals surface area contributed by atoms with Crippen molar-refractivity contribution >= 4 is 49.2 Å². The molecule has 0 radical (unpaired) electrons. The van der Waals surface area contributed by atoms with E-state index in [-0.39, 0.29) is 0 Å². The summed E-state index contributed by atoms with van der Waals surface area (Å²) in [6, 6.07) is 88.9. The highest BCUT2D eigenvalue weighted by Gasteiger charge is 2.19. The van der Waals surface area contributed by atoms with Crippen LogP contribution in [0.3, 0.4) is 0 Å². The van der Waals surface area contributed by atoms with Gasteiger partial charge in [-0.1, -0.05) is 182 Å². The predicted octanol–water partition coefficient (Wildman–Crippen LogP) is 17.7. The Kier molecular flexibility index (Phi) is 9.68. The lowest BCUT2D eigenvalue weighted by Gasteiger charge is -2.17. The Labute approximate surface area is 396 Å². The van der Waals surface area contributed by atoms with E-state index >= 15 is 0 Å². The van der Waals surface area contributed by atoms with Crippen LogP contribution in [0.25, 0.3) is 105 Å². The molecule has 0 fully saturated rings. The smallest absolute Gasteiger partial charge is 0.0541 e. The monoisotopic (exact) mass is 866 g/mol. The van der Waals surface area contributed by atoms with E-state index in [9.17, 15) is 0 Å². The molecule has 0 aliphatic heterocycles. The van der Waals surface area contributed by atoms with E-state index in [1.807, 2.05) is 0 Å². The molecule has 0 saturated heterocycles. The molecule has 0 N–H and O–H groups in total. The highest BCUT2D eigenvalue weighted by Crippen LogP contribution is 2.41. The molecule has 1 aliphatic rings. The molecule has 0 spiro atoms. The van der Waals surface area contributed by atoms with Crippen LogP contribution in [0, 0.1) is 0 Å². The molecule has 1 aliphatic carbocycles. The van der Waals surface area contributed by atoms with Crippen molar-refractivity contribution < 1.29 is 0 Å². The molecule has 0 saturated carbocycles. The van der Waals surface area contributed by atoms with Crippen molar-refractivity contribution in [1.29, 1.82) is 0 Å². The summed E-state index contributed by atoms with van der Waals surface area (Å²) in [5.41, 5.74) is 20.6. The molecule has 0 bridgehead atoms. The lowest BCUT2D eigenvalue weighted by molar-refractivity contribution is 0.857. The first-order valence-corrected chi connectivity index (χ1v) is 23.7. The van der Waals surface area contributed by atoms with Crippen molar-refractivity contribution in [2.45, 2.75) is 12.3 Å². The Morgan fingerprint density at radius 1 is 0.294 bits per heavy atom. The van der Waals surface area contributed by atoms with Crippen LogP contribution in [0.2, 0.25) is 0 Å². The second-order valence-electron chi connectivity index (χ2n) is 18.1. The van der Waals surface area contributed by atoms with E-state index in [2.05, 4.69) is 270 Å². The van der Waals surface area contributed by atoms with E-state index in [0.29, 0.717) is 5.92 Å². The molecule has 2 nitrogen and oxygen atoms in total. The van der Waals surface area contributed by atoms with Crippen LogP contribution in [-0.2, 0) is 0 Å². The predicted molar refractivity (Wildman–Crippen MR) is 288 cm³/mol. The second kappa shape index (κ2) is 16.6. The summed E-state index contributed by atoms with van der Waals surface area (Å²) in [4.78, 5) is 0. The zero-order valence-corrected chi connectivity index (χ0v) is 37.5. The fourth-order valence-corrected chi connectivity index (χ4v) is 10.6. The maximum atomic E-state index is 2.45. The van der Waals surface area contributed by atoms with E-state index in [0.717, 1.165) is 17.8 Å². The number of aromatic nitrogens is 2. The Balaban J connectivity index is 0.889. The highest BCUT2D eigenvalue weighted by molar-refractivity contribution is 6.13. The van der Waals surface area contributed by atoms with Gasteiger partial charge in [0.15, 0.2) is 0 Å². The summed E-state index contributed by atoms with van der Waals surface area (Å²) in [5, 5.41) is 4.98. The normalized spacial score (nSPS) is 13.7. The van der Waals surface area contributed by atoms with Crippen molar-refractivity contribution in [2.75, 3.05) is 0 Å². The minimum Gasteiger partial charge on any atom is -0.309 e. The van der Waals surface area contributed by atoms with Crippen molar-refractivity contribution in [1.82, 2.24) is 9.13 Å². The molecule has 10 aromatic carbocycles. The van der Waals surface area contributed by atoms with Gasteiger partial charge in [-0.25, -0.2) is 0 Å². The van der Waals surface area contributed by atoms with E-state index in [1.54, 1.807) is 0 Å². The summed E-state index contributed by atoms with van der Waals surface area (Å²) in [6.07, 6.45) is 8.09. The molecule has 320 valence electrons. The Hall–Kier alpha value is -8.72. The number of hydrogen-bond donors (Lipinski definition) is 0. The second-order valence-corrected chi connectivity index (χ2v) is 18.1. The third-order valence-electron chi connectivity index (χ3n) is 14.0. The average molecular weight is 867 g/mol. The van der Waals surface area contributed by atoms with Gasteiger partial charge in [0.2, 0.25) is 0 Å². The Morgan fingerprint density at radius 3 is 1.15 bits per heavy atom. The number of nitrogens with zero attached hydrogens (tertiary/aromatic N) is 2. The third kappa shape index (κ3) is 6.98. The van der Waals surface area contributed by atoms with Crippen LogP contribution in [0.1, 0.15) is 23.5 Å². The molecule has 2 heteroatoms. The molecular weight excluding hydrogens is 821 g/mol. The Bertz CT molecular complexity index is 3890. The number of rotatable bonds is 8. The first-order chi connectivity index (χ1) is 33.7. The van der Waals surface area contributed by atoms with Gasteiger partial charge in [-0.05, 0) is 146 Å². The van der Waals surface area contributed by atoms with Crippen LogP contribution < -0.4 is 0 Å². The zero-order chi connectivity index (χ0) is 45.0. The molecule has 2 heterocycles. The van der Waals surface area contributed by atoms with Gasteiger partial charge in [0.05, 0.1) is 22.1 Å². The lowest BCUT2D eigenvalue weighted by atomic mass is 9.87. The van der Waals surface area contributed by atoms with Gasteiger partial charge in [-0.3, -0.25) is 0 Å². The lowest BCUT2D eigenvalue weighted by Crippen LogP contribution is -1.99. The molecule has 1 unspecified atom stereocenters. The first kappa shape index (κ1) is 39.6. The minimum absolute atomic E-state index is 0.366. The van der Waals surface area contributed by atoms with E-state index in [1.165, 1.54) is 105 Å². The van der Waals surface area contributed by atoms with Gasteiger partial charge in [0.1, 0.15) is 0 Å². The quantitative estimate of drug-likeness (QED) is 0.144. The maximum Gasteiger partial charge on any atom is 0.0541 e. The van der Waals surface area contributed by atoms with Gasteiger partial charge >= 0.3 is 0 Å². The summed E-state index contributed by atoms with van der Waals surface area (Å²) >= 11 is 0. The number of hydrogen-bond acceptors (Lipinski definition) is 0. The molecular formula is C66H46N2. The minimum atomic E-state index is 0.366. The number of allylic oxidation sites excluding steroid dienone is 4. The SMILES string of the molecule is C1=CC(c2ccc3c(c2)c2cc(-c4ccc(-c5ccc6c(c5)c5cc(-c7cccc(-c8ccccc8)c7)ccc5n6-c5ccccc5)cc4)ccc2n3-c2ccccc2)=CC(c2ccccc2)C1. The van der Waals surface area contributed by atoms with Crippen LogP contribution in [0.5, 0.6) is 0 Å². The Morgan fingerprint density at radius 2 is 0.647 bits per heavy atom. The number of fused-ring (bicyclic) bond motifs is 6. The molecule has 1 atom stereocenters. The van der Waals surface area contributed by atoms with Crippen LogP contribution in [0.4, 0.5) is 0 Å². The average Bonchev–Trinajstić information content (AvgIpc) is 3.93. The molecule has 13 rings (SSSR count). The van der Waals surface area contributed by atoms with Crippen molar-refractivity contribution in [3.05, 3.63) is 272 Å². The van der Waals surface area contributed by atoms with Gasteiger partial charge in [0.25, 0.3) is 0 Å². The third-order valence-corrected chi connectivity index (χ3v) is 14.0. The van der Waals surface area contributed by atoms with E-state index < -0.39 is 0 Å². The maximum absolute atomic E-state index is 2.45. The van der Waals surface area contributed by atoms with Crippen LogP contribution in [-0.4, -0.2) is 9.13 Å². The van der Waals surface area contributed by atoms with Crippen LogP contribution >= 0.6 is 0 Å². The van der Waals surface area contributed by atoms with Crippen molar-refractivity contribution in [2.24, 2.45) is 0 Å². The van der Waals surface area contributed by atoms with Gasteiger partial charge in [-0.2, -0.15) is 0 Å². The topological polar surface area (TPSA) is 9.86 Å². The van der Waals surface area contributed by atoms with Gasteiger partial charge < -0.3 is 9.13 Å². The standard InChI is InChI=1S/C66H46N2/c1-5-15-45(16-6-1)49-19-13-21-51(39-49)55-33-37-65-61(43-55)59-41-53(31-35-63(59)67(65)57-23-9-3-10-24-57)47-27-29-48(30-28-47)54-32-36-64-60(42-54)62-44-56(34-38-66(62)68(64)58-25-11-4-12-26-58)52-22-14-20-50(40-52)46-17-7-2-8-18-46/h1-19,21-44,50H,20H2. The largest absolute Gasteiger partial charge is 0.309 e. The zero-order valence-electron chi connectivity index (χ0n) is 37.5. The molecule has 68 heavy (non-hydrogen) atoms.